The van der Waals surface area contributed by atoms with Crippen molar-refractivity contribution in [3.63, 3.8) is 0 Å². The van der Waals surface area contributed by atoms with E-state index in [1.54, 1.807) is 0 Å². The molecule has 0 fully saturated rings. The minimum Gasteiger partial charge on any atom is -0.358 e. The predicted octanol–water partition coefficient (Wildman–Crippen LogP) is 17.8. The Kier molecular flexibility index (Phi) is 16.6. The number of thiol groups is 1. The molecule has 0 aliphatic heterocycles. The van der Waals surface area contributed by atoms with Crippen LogP contribution in [-0.4, -0.2) is 21.1 Å². The first-order chi connectivity index (χ1) is 29.2. The van der Waals surface area contributed by atoms with Crippen molar-refractivity contribution in [3.05, 3.63) is 209 Å². The Morgan fingerprint density at radius 3 is 1.11 bits per heavy atom. The van der Waals surface area contributed by atoms with E-state index < -0.39 is 4.30 Å². The minimum atomic E-state index is -0.750. The fourth-order valence-electron chi connectivity index (χ4n) is 7.49. The Balaban J connectivity index is 0.000000175. The van der Waals surface area contributed by atoms with Gasteiger partial charge in [-0.3, -0.25) is 0 Å². The summed E-state index contributed by atoms with van der Waals surface area (Å²) in [4.78, 5) is 0. The van der Waals surface area contributed by atoms with Gasteiger partial charge in [-0.05, 0) is 83.9 Å². The van der Waals surface area contributed by atoms with E-state index in [2.05, 4.69) is 270 Å². The molecule has 8 aromatic carbocycles. The Bertz CT molecular complexity index is 3010. The van der Waals surface area contributed by atoms with E-state index in [1.807, 2.05) is 0 Å². The van der Waals surface area contributed by atoms with Crippen LogP contribution in [0.5, 0.6) is 0 Å². The van der Waals surface area contributed by atoms with Crippen LogP contribution in [0.15, 0.2) is 206 Å². The van der Waals surface area contributed by atoms with E-state index in [-0.39, 0.29) is 7.43 Å². The van der Waals surface area contributed by atoms with Gasteiger partial charge in [-0.2, -0.15) is 0 Å². The summed E-state index contributed by atoms with van der Waals surface area (Å²) in [5, 5.41) is 5.01. The van der Waals surface area contributed by atoms with Crippen molar-refractivity contribution in [2.24, 2.45) is 4.30 Å². The third-order valence-electron chi connectivity index (χ3n) is 9.78. The summed E-state index contributed by atoms with van der Waals surface area (Å²) < 4.78 is 9.96. The maximum absolute atomic E-state index is 4.81. The quantitative estimate of drug-likeness (QED) is 0.0785. The number of hydrogen-bond donors (Lipinski definition) is 1. The summed E-state index contributed by atoms with van der Waals surface area (Å²) in [6, 6.07) is 66.5. The number of halogens is 6. The molecule has 0 saturated carbocycles. The first-order valence-corrected chi connectivity index (χ1v) is 22.6. The van der Waals surface area contributed by atoms with E-state index in [0.29, 0.717) is 0 Å². The van der Waals surface area contributed by atoms with Crippen LogP contribution in [0.2, 0.25) is 0 Å². The number of alkyl halides is 3. The van der Waals surface area contributed by atoms with Crippen LogP contribution in [-0.2, 0) is 0 Å². The van der Waals surface area contributed by atoms with E-state index in [1.165, 1.54) is 77.2 Å². The summed E-state index contributed by atoms with van der Waals surface area (Å²) in [6.45, 7) is 0. The summed E-state index contributed by atoms with van der Waals surface area (Å²) >= 11 is 28.5. The SMILES string of the molecule is Brc1ccc2c(c1)c1cc(Br)ccc1n2-c1ccccc1-c1ccccc1.Brc1ccc2c(c1)c1ccccc1n2-c1ccccc1-c1ccccc1.ClC(Cl)Cl.[B]=NS.[CH3-]. The van der Waals surface area contributed by atoms with Gasteiger partial charge in [-0.25, -0.2) is 0 Å². The maximum atomic E-state index is 4.81. The molecule has 11 heteroatoms. The Morgan fingerprint density at radius 1 is 0.426 bits per heavy atom. The summed E-state index contributed by atoms with van der Waals surface area (Å²) in [5.74, 6) is 0. The van der Waals surface area contributed by atoms with E-state index in [0.717, 1.165) is 13.4 Å². The van der Waals surface area contributed by atoms with Gasteiger partial charge in [-0.1, -0.05) is 198 Å². The zero-order valence-corrected chi connectivity index (χ0v) is 40.5. The molecule has 0 atom stereocenters. The number of hydrogen-bond acceptors (Lipinski definition) is 2. The first-order valence-electron chi connectivity index (χ1n) is 18.5. The topological polar surface area (TPSA) is 22.2 Å². The Morgan fingerprint density at radius 2 is 0.721 bits per heavy atom. The molecule has 0 aliphatic rings. The third-order valence-corrected chi connectivity index (χ3v) is 11.3. The average molecular weight is 1070 g/mol. The zero-order chi connectivity index (χ0) is 42.2. The fourth-order valence-corrected chi connectivity index (χ4v) is 8.58. The zero-order valence-electron chi connectivity index (χ0n) is 32.6. The number of rotatable bonds is 4. The molecule has 1 radical (unpaired) electrons. The van der Waals surface area contributed by atoms with Gasteiger partial charge in [0, 0.05) is 46.1 Å². The summed E-state index contributed by atoms with van der Waals surface area (Å²) in [6.07, 6.45) is 0. The molecule has 61 heavy (non-hydrogen) atoms. The maximum Gasteiger partial charge on any atom is -0.358 e. The molecule has 0 saturated heterocycles. The van der Waals surface area contributed by atoms with Crippen molar-refractivity contribution in [2.45, 2.75) is 4.30 Å². The van der Waals surface area contributed by atoms with Crippen molar-refractivity contribution in [1.29, 1.82) is 0 Å². The van der Waals surface area contributed by atoms with Gasteiger partial charge in [0.2, 0.25) is 0 Å². The van der Waals surface area contributed by atoms with Gasteiger partial charge < -0.3 is 16.6 Å². The first kappa shape index (κ1) is 46.4. The van der Waals surface area contributed by atoms with Crippen molar-refractivity contribution in [1.82, 2.24) is 9.13 Å². The van der Waals surface area contributed by atoms with Crippen LogP contribution in [0, 0.1) is 7.43 Å². The molecule has 0 N–H and O–H groups in total. The molecule has 2 aromatic heterocycles. The third kappa shape index (κ3) is 10.6. The van der Waals surface area contributed by atoms with Crippen molar-refractivity contribution < 1.29 is 0 Å². The molecular formula is C50H36BBr3Cl3N3S-. The van der Waals surface area contributed by atoms with Crippen LogP contribution in [0.4, 0.5) is 0 Å². The summed E-state index contributed by atoms with van der Waals surface area (Å²) in [7, 11) is 4.34. The fraction of sp³-hybridized carbons (Fsp3) is 0.0200. The van der Waals surface area contributed by atoms with E-state index in [4.69, 9.17) is 34.8 Å². The monoisotopic (exact) mass is 1060 g/mol. The van der Waals surface area contributed by atoms with Gasteiger partial charge in [0.1, 0.15) is 0 Å². The van der Waals surface area contributed by atoms with Crippen LogP contribution in [0.1, 0.15) is 0 Å². The molecule has 2 heterocycles. The number of benzene rings is 8. The van der Waals surface area contributed by atoms with Gasteiger partial charge in [0.25, 0.3) is 0 Å². The van der Waals surface area contributed by atoms with Crippen LogP contribution in [0.3, 0.4) is 0 Å². The molecule has 10 aromatic rings. The predicted molar refractivity (Wildman–Crippen MR) is 280 cm³/mol. The number of aromatic nitrogens is 2. The van der Waals surface area contributed by atoms with Crippen molar-refractivity contribution in [2.75, 3.05) is 0 Å². The van der Waals surface area contributed by atoms with Crippen molar-refractivity contribution >= 4 is 147 Å². The standard InChI is InChI=1S/C24H15Br2N.C24H16BrN.CHCl3.CH3.BHNS/c25-17-10-12-23-20(14-17)21-15-18(26)11-13-24(21)27(23)22-9-5-4-8-19(22)16-6-2-1-3-7-16;25-18-14-15-24-21(16-18)20-11-5-7-13-23(20)26(24)22-12-6-4-10-19(22)17-8-2-1-3-9-17;2-1(3)4;;1-2-3/h1-15H;1-16H;1H;1H3;3H/q;;;-1;. The van der Waals surface area contributed by atoms with Crippen LogP contribution in [0.25, 0.3) is 77.2 Å². The summed E-state index contributed by atoms with van der Waals surface area (Å²) in [5.41, 5.74) is 12.1. The molecule has 0 spiro atoms. The van der Waals surface area contributed by atoms with Crippen LogP contribution < -0.4 is 0 Å². The van der Waals surface area contributed by atoms with Gasteiger partial charge in [0.05, 0.1) is 33.4 Å². The number of fused-ring (bicyclic) bond motifs is 6. The molecular weight excluding hydrogens is 1030 g/mol. The largest absolute Gasteiger partial charge is 0.358 e. The van der Waals surface area contributed by atoms with Gasteiger partial charge in [0.15, 0.2) is 4.30 Å². The number of nitrogens with zero attached hydrogens (tertiary/aromatic N) is 3. The molecule has 0 amide bonds. The van der Waals surface area contributed by atoms with E-state index >= 15 is 0 Å². The molecule has 3 nitrogen and oxygen atoms in total. The van der Waals surface area contributed by atoms with E-state index in [9.17, 15) is 0 Å². The molecule has 0 unspecified atom stereocenters. The molecule has 10 rings (SSSR count). The Labute approximate surface area is 403 Å². The normalized spacial score (nSPS) is 10.6. The average Bonchev–Trinajstić information content (AvgIpc) is 3.76. The molecule has 0 bridgehead atoms. The minimum absolute atomic E-state index is 0. The van der Waals surface area contributed by atoms with Crippen molar-refractivity contribution in [3.8, 4) is 33.6 Å². The second-order valence-corrected chi connectivity index (χ2v) is 18.3. The molecule has 303 valence electrons. The Hall–Kier alpha value is -4.12. The number of para-hydroxylation sites is 3. The molecule has 0 aliphatic carbocycles. The van der Waals surface area contributed by atoms with Gasteiger partial charge >= 0.3 is 24.8 Å². The second-order valence-electron chi connectivity index (χ2n) is 13.3. The van der Waals surface area contributed by atoms with Crippen LogP contribution >= 0.6 is 95.4 Å². The van der Waals surface area contributed by atoms with Gasteiger partial charge in [-0.15, -0.1) is 0 Å². The second kappa shape index (κ2) is 21.8. The smallest absolute Gasteiger partial charge is 0.358 e.